The molecule has 1 aromatic carbocycles. The molecule has 2 fully saturated rings. The molecule has 1 aromatic heterocycles. The number of carbonyl (C=O) groups is 3. The van der Waals surface area contributed by atoms with E-state index in [0.29, 0.717) is 30.1 Å². The Morgan fingerprint density at radius 2 is 1.81 bits per heavy atom. The van der Waals surface area contributed by atoms with Gasteiger partial charge < -0.3 is 15.0 Å². The van der Waals surface area contributed by atoms with E-state index in [4.69, 9.17) is 4.74 Å². The summed E-state index contributed by atoms with van der Waals surface area (Å²) in [6.45, 7) is 6.94. The SMILES string of the molecule is Cc1ccc(OC2CCN(C(=O)c3ccc(C4(C(C)C)NC(=O)NC4=O)cc3)CC2)nc1. The Labute approximate surface area is 187 Å². The first-order valence-electron chi connectivity index (χ1n) is 10.9. The maximum atomic E-state index is 13.0. The van der Waals surface area contributed by atoms with Crippen molar-refractivity contribution in [3.05, 3.63) is 59.3 Å². The average molecular weight is 437 g/mol. The number of amides is 4. The summed E-state index contributed by atoms with van der Waals surface area (Å²) in [5, 5.41) is 5.08. The maximum Gasteiger partial charge on any atom is 0.322 e. The Bertz CT molecular complexity index is 1010. The molecule has 1 atom stereocenters. The molecule has 4 rings (SSSR count). The van der Waals surface area contributed by atoms with Crippen molar-refractivity contribution in [2.45, 2.75) is 45.3 Å². The minimum atomic E-state index is -1.13. The van der Waals surface area contributed by atoms with Gasteiger partial charge in [-0.1, -0.05) is 32.0 Å². The fourth-order valence-electron chi connectivity index (χ4n) is 4.34. The quantitative estimate of drug-likeness (QED) is 0.702. The molecule has 0 aliphatic carbocycles. The van der Waals surface area contributed by atoms with Gasteiger partial charge in [-0.05, 0) is 36.1 Å². The van der Waals surface area contributed by atoms with E-state index in [9.17, 15) is 14.4 Å². The van der Waals surface area contributed by atoms with Gasteiger partial charge in [-0.3, -0.25) is 14.9 Å². The Balaban J connectivity index is 1.40. The van der Waals surface area contributed by atoms with E-state index < -0.39 is 11.6 Å². The number of ether oxygens (including phenoxy) is 1. The number of pyridine rings is 1. The first-order valence-corrected chi connectivity index (χ1v) is 10.9. The molecule has 0 saturated carbocycles. The smallest absolute Gasteiger partial charge is 0.322 e. The van der Waals surface area contributed by atoms with Crippen molar-refractivity contribution in [2.24, 2.45) is 5.92 Å². The van der Waals surface area contributed by atoms with Crippen molar-refractivity contribution in [1.82, 2.24) is 20.5 Å². The van der Waals surface area contributed by atoms with Crippen LogP contribution in [0.5, 0.6) is 5.88 Å². The molecule has 2 N–H and O–H groups in total. The van der Waals surface area contributed by atoms with Crippen molar-refractivity contribution in [1.29, 1.82) is 0 Å². The van der Waals surface area contributed by atoms with E-state index >= 15 is 0 Å². The number of piperidine rings is 1. The van der Waals surface area contributed by atoms with Crippen molar-refractivity contribution in [3.8, 4) is 5.88 Å². The van der Waals surface area contributed by atoms with Gasteiger partial charge in [-0.25, -0.2) is 9.78 Å². The van der Waals surface area contributed by atoms with Crippen molar-refractivity contribution < 1.29 is 19.1 Å². The third kappa shape index (κ3) is 4.04. The Morgan fingerprint density at radius 3 is 2.34 bits per heavy atom. The summed E-state index contributed by atoms with van der Waals surface area (Å²) in [5.41, 5.74) is 1.17. The van der Waals surface area contributed by atoms with Crippen LogP contribution in [-0.4, -0.2) is 46.9 Å². The second kappa shape index (κ2) is 8.61. The third-order valence-electron chi connectivity index (χ3n) is 6.25. The summed E-state index contributed by atoms with van der Waals surface area (Å²) >= 11 is 0. The van der Waals surface area contributed by atoms with Crippen molar-refractivity contribution in [2.75, 3.05) is 13.1 Å². The predicted molar refractivity (Wildman–Crippen MR) is 118 cm³/mol. The molecule has 2 aromatic rings. The fraction of sp³-hybridized carbons (Fsp3) is 0.417. The van der Waals surface area contributed by atoms with E-state index in [1.807, 2.05) is 37.8 Å². The van der Waals surface area contributed by atoms with E-state index in [1.54, 1.807) is 30.5 Å². The number of hydrogen-bond acceptors (Lipinski definition) is 5. The minimum absolute atomic E-state index is 0.0343. The molecule has 2 saturated heterocycles. The summed E-state index contributed by atoms with van der Waals surface area (Å²) < 4.78 is 5.95. The zero-order valence-electron chi connectivity index (χ0n) is 18.6. The number of rotatable bonds is 5. The molecule has 0 bridgehead atoms. The van der Waals surface area contributed by atoms with E-state index in [1.165, 1.54) is 0 Å². The molecule has 8 heteroatoms. The second-order valence-electron chi connectivity index (χ2n) is 8.73. The van der Waals surface area contributed by atoms with Crippen LogP contribution >= 0.6 is 0 Å². The number of likely N-dealkylation sites (tertiary alicyclic amines) is 1. The van der Waals surface area contributed by atoms with Gasteiger partial charge in [0.05, 0.1) is 0 Å². The van der Waals surface area contributed by atoms with Crippen LogP contribution in [0.15, 0.2) is 42.6 Å². The zero-order valence-corrected chi connectivity index (χ0v) is 18.6. The average Bonchev–Trinajstić information content (AvgIpc) is 3.10. The number of carbonyl (C=O) groups excluding carboxylic acids is 3. The minimum Gasteiger partial charge on any atom is -0.474 e. The van der Waals surface area contributed by atoms with Gasteiger partial charge in [0.25, 0.3) is 11.8 Å². The maximum absolute atomic E-state index is 13.0. The normalized spacial score (nSPS) is 21.4. The predicted octanol–water partition coefficient (Wildman–Crippen LogP) is 2.76. The molecule has 3 heterocycles. The van der Waals surface area contributed by atoms with Crippen LogP contribution in [0.1, 0.15) is 48.2 Å². The lowest BCUT2D eigenvalue weighted by molar-refractivity contribution is -0.125. The number of imide groups is 1. The van der Waals surface area contributed by atoms with Gasteiger partial charge in [0.15, 0.2) is 0 Å². The molecule has 32 heavy (non-hydrogen) atoms. The number of nitrogens with zero attached hydrogens (tertiary/aromatic N) is 2. The number of aromatic nitrogens is 1. The molecule has 0 radical (unpaired) electrons. The van der Waals surface area contributed by atoms with Gasteiger partial charge >= 0.3 is 6.03 Å². The highest BCUT2D eigenvalue weighted by Gasteiger charge is 2.50. The van der Waals surface area contributed by atoms with E-state index in [2.05, 4.69) is 15.6 Å². The summed E-state index contributed by atoms with van der Waals surface area (Å²) in [4.78, 5) is 43.4. The van der Waals surface area contributed by atoms with Crippen LogP contribution < -0.4 is 15.4 Å². The van der Waals surface area contributed by atoms with Crippen LogP contribution in [-0.2, 0) is 10.3 Å². The molecule has 2 aliphatic rings. The number of benzene rings is 1. The molecular formula is C24H28N4O4. The lowest BCUT2D eigenvalue weighted by atomic mass is 9.79. The van der Waals surface area contributed by atoms with Crippen LogP contribution in [0.2, 0.25) is 0 Å². The monoisotopic (exact) mass is 436 g/mol. The standard InChI is InChI=1S/C24H28N4O4/c1-15(2)24(22(30)26-23(31)27-24)18-7-5-17(6-8-18)21(29)28-12-10-19(11-13-28)32-20-9-4-16(3)14-25-20/h4-9,14-15,19H,10-13H2,1-3H3,(H2,26,27,30,31). The number of aryl methyl sites for hydroxylation is 1. The Morgan fingerprint density at radius 1 is 1.12 bits per heavy atom. The number of hydrogen-bond donors (Lipinski definition) is 2. The van der Waals surface area contributed by atoms with Gasteiger partial charge in [0.2, 0.25) is 5.88 Å². The summed E-state index contributed by atoms with van der Waals surface area (Å²) in [7, 11) is 0. The lowest BCUT2D eigenvalue weighted by Gasteiger charge is -2.32. The number of nitrogens with one attached hydrogen (secondary N) is 2. The van der Waals surface area contributed by atoms with Gasteiger partial charge in [0.1, 0.15) is 11.6 Å². The van der Waals surface area contributed by atoms with Gasteiger partial charge in [0, 0.05) is 43.8 Å². The first kappa shape index (κ1) is 21.8. The molecule has 1 unspecified atom stereocenters. The lowest BCUT2D eigenvalue weighted by Crippen LogP contribution is -2.48. The molecule has 2 aliphatic heterocycles. The van der Waals surface area contributed by atoms with Gasteiger partial charge in [-0.15, -0.1) is 0 Å². The summed E-state index contributed by atoms with van der Waals surface area (Å²) in [6.07, 6.45) is 3.29. The van der Waals surface area contributed by atoms with Crippen molar-refractivity contribution in [3.63, 3.8) is 0 Å². The first-order chi connectivity index (χ1) is 15.3. The van der Waals surface area contributed by atoms with Crippen LogP contribution in [0, 0.1) is 12.8 Å². The van der Waals surface area contributed by atoms with Crippen LogP contribution in [0.4, 0.5) is 4.79 Å². The number of urea groups is 1. The Kier molecular flexibility index (Phi) is 5.86. The van der Waals surface area contributed by atoms with Crippen molar-refractivity contribution >= 4 is 17.8 Å². The van der Waals surface area contributed by atoms with E-state index in [-0.39, 0.29) is 23.8 Å². The summed E-state index contributed by atoms with van der Waals surface area (Å²) in [6, 6.07) is 10.3. The topological polar surface area (TPSA) is 101 Å². The highest BCUT2D eigenvalue weighted by Crippen LogP contribution is 2.33. The second-order valence-corrected chi connectivity index (χ2v) is 8.73. The largest absolute Gasteiger partial charge is 0.474 e. The highest BCUT2D eigenvalue weighted by molar-refractivity contribution is 6.07. The molecule has 0 spiro atoms. The zero-order chi connectivity index (χ0) is 22.9. The van der Waals surface area contributed by atoms with Crippen LogP contribution in [0.3, 0.4) is 0 Å². The fourth-order valence-corrected chi connectivity index (χ4v) is 4.34. The highest BCUT2D eigenvalue weighted by atomic mass is 16.5. The summed E-state index contributed by atoms with van der Waals surface area (Å²) in [5.74, 6) is 0.0271. The molecule has 4 amide bonds. The molecular weight excluding hydrogens is 408 g/mol. The van der Waals surface area contributed by atoms with Crippen LogP contribution in [0.25, 0.3) is 0 Å². The Hall–Kier alpha value is -3.42. The van der Waals surface area contributed by atoms with E-state index in [0.717, 1.165) is 18.4 Å². The molecule has 168 valence electrons. The third-order valence-corrected chi connectivity index (χ3v) is 6.25. The molecule has 8 nitrogen and oxygen atoms in total. The van der Waals surface area contributed by atoms with Gasteiger partial charge in [-0.2, -0.15) is 0 Å².